The molecule has 4 nitrogen and oxygen atoms in total. The lowest BCUT2D eigenvalue weighted by atomic mass is 9.95. The van der Waals surface area contributed by atoms with Crippen LogP contribution < -0.4 is 5.32 Å². The van der Waals surface area contributed by atoms with Crippen LogP contribution in [0.5, 0.6) is 0 Å². The van der Waals surface area contributed by atoms with E-state index in [1.165, 1.54) is 12.8 Å². The smallest absolute Gasteiger partial charge is 0.371 e. The molecule has 0 aliphatic rings. The van der Waals surface area contributed by atoms with Gasteiger partial charge in [0.2, 0.25) is 5.76 Å². The Labute approximate surface area is 125 Å². The molecule has 1 heterocycles. The van der Waals surface area contributed by atoms with Crippen LogP contribution in [0.4, 0.5) is 0 Å². The monoisotopic (exact) mass is 289 g/mol. The Morgan fingerprint density at radius 1 is 1.29 bits per heavy atom. The van der Waals surface area contributed by atoms with Gasteiger partial charge in [-0.25, -0.2) is 4.79 Å². The summed E-state index contributed by atoms with van der Waals surface area (Å²) in [5.41, 5.74) is 1.75. The molecule has 0 aliphatic heterocycles. The Morgan fingerprint density at radius 3 is 2.62 bits per heavy atom. The fourth-order valence-electron chi connectivity index (χ4n) is 2.75. The predicted octanol–water partition coefficient (Wildman–Crippen LogP) is 4.05. The van der Waals surface area contributed by atoms with E-state index < -0.39 is 5.97 Å². The number of furan rings is 1. The van der Waals surface area contributed by atoms with Gasteiger partial charge in [0, 0.05) is 18.0 Å². The van der Waals surface area contributed by atoms with Crippen molar-refractivity contribution in [1.82, 2.24) is 5.32 Å². The Morgan fingerprint density at radius 2 is 2.00 bits per heavy atom. The third-order valence-corrected chi connectivity index (χ3v) is 4.18. The highest BCUT2D eigenvalue weighted by Crippen LogP contribution is 2.21. The third-order valence-electron chi connectivity index (χ3n) is 4.18. The summed E-state index contributed by atoms with van der Waals surface area (Å²) in [6.07, 6.45) is 2.35. The van der Waals surface area contributed by atoms with Crippen LogP contribution >= 0.6 is 0 Å². The Hall–Kier alpha value is -1.81. The molecule has 1 aromatic heterocycles. The second-order valence-electron chi connectivity index (χ2n) is 5.53. The van der Waals surface area contributed by atoms with Gasteiger partial charge in [-0.15, -0.1) is 0 Å². The number of benzene rings is 1. The van der Waals surface area contributed by atoms with Crippen molar-refractivity contribution < 1.29 is 14.3 Å². The number of carbonyl (C=O) groups is 1. The van der Waals surface area contributed by atoms with Crippen molar-refractivity contribution in [3.05, 3.63) is 35.6 Å². The summed E-state index contributed by atoms with van der Waals surface area (Å²) in [5, 5.41) is 13.3. The van der Waals surface area contributed by atoms with Gasteiger partial charge in [-0.1, -0.05) is 32.8 Å². The second-order valence-corrected chi connectivity index (χ2v) is 5.53. The molecule has 1 unspecified atom stereocenters. The molecule has 21 heavy (non-hydrogen) atoms. The molecule has 1 aromatic carbocycles. The molecule has 2 rings (SSSR count). The minimum absolute atomic E-state index is 0.0134. The van der Waals surface area contributed by atoms with E-state index in [0.29, 0.717) is 17.5 Å². The standard InChI is InChI=1S/C17H23NO3/c1-4-13(5-2)11(3)18-10-12-6-7-15-14(8-12)9-16(21-15)17(19)20/h6-9,11,13,18H,4-5,10H2,1-3H3,(H,19,20). The molecule has 2 N–H and O–H groups in total. The lowest BCUT2D eigenvalue weighted by Gasteiger charge is -2.22. The normalized spacial score (nSPS) is 13.0. The average molecular weight is 289 g/mol. The highest BCUT2D eigenvalue weighted by molar-refractivity contribution is 5.91. The quantitative estimate of drug-likeness (QED) is 0.807. The van der Waals surface area contributed by atoms with Gasteiger partial charge in [-0.2, -0.15) is 0 Å². The van der Waals surface area contributed by atoms with E-state index in [-0.39, 0.29) is 5.76 Å². The van der Waals surface area contributed by atoms with Crippen molar-refractivity contribution in [2.45, 2.75) is 46.2 Å². The number of nitrogens with one attached hydrogen (secondary N) is 1. The zero-order chi connectivity index (χ0) is 15.4. The van der Waals surface area contributed by atoms with Gasteiger partial charge in [0.1, 0.15) is 5.58 Å². The first-order valence-electron chi connectivity index (χ1n) is 7.54. The molecule has 0 radical (unpaired) electrons. The van der Waals surface area contributed by atoms with Gasteiger partial charge in [0.25, 0.3) is 0 Å². The van der Waals surface area contributed by atoms with Gasteiger partial charge in [-0.05, 0) is 36.6 Å². The molecule has 0 spiro atoms. The number of hydrogen-bond donors (Lipinski definition) is 2. The molecule has 4 heteroatoms. The minimum atomic E-state index is -1.03. The van der Waals surface area contributed by atoms with Crippen LogP contribution in [-0.4, -0.2) is 17.1 Å². The minimum Gasteiger partial charge on any atom is -0.475 e. The van der Waals surface area contributed by atoms with Crippen LogP contribution in [0.1, 0.15) is 49.7 Å². The number of rotatable bonds is 7. The van der Waals surface area contributed by atoms with Crippen molar-refractivity contribution in [2.24, 2.45) is 5.92 Å². The number of aromatic carboxylic acids is 1. The predicted molar refractivity (Wildman–Crippen MR) is 83.5 cm³/mol. The molecular formula is C17H23NO3. The van der Waals surface area contributed by atoms with Crippen LogP contribution in [0.2, 0.25) is 0 Å². The molecule has 2 aromatic rings. The summed E-state index contributed by atoms with van der Waals surface area (Å²) in [7, 11) is 0. The fraction of sp³-hybridized carbons (Fsp3) is 0.471. The largest absolute Gasteiger partial charge is 0.475 e. The van der Waals surface area contributed by atoms with E-state index in [2.05, 4.69) is 26.1 Å². The van der Waals surface area contributed by atoms with E-state index in [0.717, 1.165) is 17.5 Å². The first-order chi connectivity index (χ1) is 10.0. The molecule has 1 atom stereocenters. The lowest BCUT2D eigenvalue weighted by molar-refractivity contribution is 0.0665. The summed E-state index contributed by atoms with van der Waals surface area (Å²) in [5.74, 6) is -0.366. The molecule has 0 aliphatic carbocycles. The Bertz CT molecular complexity index is 614. The molecule has 0 fully saturated rings. The van der Waals surface area contributed by atoms with Crippen LogP contribution in [0.15, 0.2) is 28.7 Å². The van der Waals surface area contributed by atoms with Crippen LogP contribution in [0, 0.1) is 5.92 Å². The maximum atomic E-state index is 10.9. The van der Waals surface area contributed by atoms with Crippen LogP contribution in [0.25, 0.3) is 11.0 Å². The van der Waals surface area contributed by atoms with Gasteiger partial charge < -0.3 is 14.8 Å². The first-order valence-corrected chi connectivity index (χ1v) is 7.54. The summed E-state index contributed by atoms with van der Waals surface area (Å²) < 4.78 is 5.26. The molecule has 0 saturated carbocycles. The number of carboxylic acid groups (broad SMARTS) is 1. The highest BCUT2D eigenvalue weighted by Gasteiger charge is 2.13. The summed E-state index contributed by atoms with van der Waals surface area (Å²) >= 11 is 0. The highest BCUT2D eigenvalue weighted by atomic mass is 16.4. The van der Waals surface area contributed by atoms with E-state index in [1.54, 1.807) is 6.07 Å². The van der Waals surface area contributed by atoms with E-state index in [4.69, 9.17) is 9.52 Å². The van der Waals surface area contributed by atoms with Crippen molar-refractivity contribution in [1.29, 1.82) is 0 Å². The van der Waals surface area contributed by atoms with E-state index >= 15 is 0 Å². The molecule has 114 valence electrons. The zero-order valence-electron chi connectivity index (χ0n) is 12.8. The van der Waals surface area contributed by atoms with Crippen molar-refractivity contribution in [3.8, 4) is 0 Å². The third kappa shape index (κ3) is 3.64. The van der Waals surface area contributed by atoms with E-state index in [1.807, 2.05) is 18.2 Å². The van der Waals surface area contributed by atoms with Crippen LogP contribution in [0.3, 0.4) is 0 Å². The fourth-order valence-corrected chi connectivity index (χ4v) is 2.75. The SMILES string of the molecule is CCC(CC)C(C)NCc1ccc2oc(C(=O)O)cc2c1. The maximum Gasteiger partial charge on any atom is 0.371 e. The second kappa shape index (κ2) is 6.76. The lowest BCUT2D eigenvalue weighted by Crippen LogP contribution is -2.32. The summed E-state index contributed by atoms with van der Waals surface area (Å²) in [4.78, 5) is 10.9. The van der Waals surface area contributed by atoms with Crippen molar-refractivity contribution in [3.63, 3.8) is 0 Å². The average Bonchev–Trinajstić information content (AvgIpc) is 2.89. The maximum absolute atomic E-state index is 10.9. The molecule has 0 amide bonds. The number of fused-ring (bicyclic) bond motifs is 1. The van der Waals surface area contributed by atoms with Crippen LogP contribution in [-0.2, 0) is 6.54 Å². The Balaban J connectivity index is 2.07. The van der Waals surface area contributed by atoms with Gasteiger partial charge in [-0.3, -0.25) is 0 Å². The first kappa shape index (κ1) is 15.6. The molecule has 0 saturated heterocycles. The van der Waals surface area contributed by atoms with Gasteiger partial charge >= 0.3 is 5.97 Å². The number of hydrogen-bond acceptors (Lipinski definition) is 3. The summed E-state index contributed by atoms with van der Waals surface area (Å²) in [6, 6.07) is 7.84. The van der Waals surface area contributed by atoms with Gasteiger partial charge in [0.15, 0.2) is 0 Å². The van der Waals surface area contributed by atoms with Gasteiger partial charge in [0.05, 0.1) is 0 Å². The molecular weight excluding hydrogens is 266 g/mol. The topological polar surface area (TPSA) is 62.5 Å². The zero-order valence-corrected chi connectivity index (χ0v) is 12.8. The van der Waals surface area contributed by atoms with Crippen molar-refractivity contribution >= 4 is 16.9 Å². The van der Waals surface area contributed by atoms with Crippen molar-refractivity contribution in [2.75, 3.05) is 0 Å². The Kier molecular flexibility index (Phi) is 5.02. The molecule has 0 bridgehead atoms. The summed E-state index contributed by atoms with van der Waals surface area (Å²) in [6.45, 7) is 7.44. The number of carboxylic acids is 1. The van der Waals surface area contributed by atoms with E-state index in [9.17, 15) is 4.79 Å².